The van der Waals surface area contributed by atoms with E-state index in [0.29, 0.717) is 0 Å². The number of imidazole rings is 2. The fourth-order valence-corrected chi connectivity index (χ4v) is 6.42. The summed E-state index contributed by atoms with van der Waals surface area (Å²) in [4.78, 5) is 21.4. The van der Waals surface area contributed by atoms with Crippen LogP contribution in [-0.4, -0.2) is 19.1 Å². The van der Waals surface area contributed by atoms with Crippen molar-refractivity contribution in [1.82, 2.24) is 29.1 Å². The SMILES string of the molecule is CC1(C)c2cn(-c3ccccc3)c(n2)C(C)(C)c2ccc([n-]2)C(C)(C)c2ccc([n-]2)C(C)(C)c2nc1cn2-c1ccccc1.[Pt+2]. The van der Waals surface area contributed by atoms with E-state index in [9.17, 15) is 0 Å². The second-order valence-corrected chi connectivity index (χ2v) is 14.2. The van der Waals surface area contributed by atoms with Crippen molar-refractivity contribution < 1.29 is 21.1 Å². The van der Waals surface area contributed by atoms with Gasteiger partial charge in [-0.3, -0.25) is 0 Å². The number of benzene rings is 2. The van der Waals surface area contributed by atoms with Crippen molar-refractivity contribution in [1.29, 1.82) is 0 Å². The molecule has 0 spiro atoms. The van der Waals surface area contributed by atoms with Crippen LogP contribution < -0.4 is 9.97 Å². The molecule has 0 aliphatic carbocycles. The molecular weight excluding hydrogens is 736 g/mol. The number of hydrogen-bond donors (Lipinski definition) is 0. The van der Waals surface area contributed by atoms with Crippen molar-refractivity contribution in [3.8, 4) is 11.4 Å². The quantitative estimate of drug-likeness (QED) is 0.182. The van der Waals surface area contributed by atoms with Crippen molar-refractivity contribution >= 4 is 0 Å². The smallest absolute Gasteiger partial charge is 0.663 e. The van der Waals surface area contributed by atoms with Gasteiger partial charge in [0.15, 0.2) is 0 Å². The molecule has 0 radical (unpaired) electrons. The number of aromatic nitrogens is 6. The Bertz CT molecular complexity index is 1820. The molecule has 7 heteroatoms. The Labute approximate surface area is 280 Å². The summed E-state index contributed by atoms with van der Waals surface area (Å²) in [5.74, 6) is 1.89. The Morgan fingerprint density at radius 3 is 1.13 bits per heavy atom. The van der Waals surface area contributed by atoms with Crippen LogP contribution in [0.3, 0.4) is 0 Å². The Balaban J connectivity index is 0.00000357. The van der Waals surface area contributed by atoms with Crippen molar-refractivity contribution in [2.45, 2.75) is 77.0 Å². The maximum Gasteiger partial charge on any atom is 2.00 e. The zero-order valence-electron chi connectivity index (χ0n) is 27.2. The number of para-hydroxylation sites is 2. The normalized spacial score (nSPS) is 17.4. The molecule has 0 unspecified atom stereocenters. The van der Waals surface area contributed by atoms with E-state index >= 15 is 0 Å². The molecule has 2 aromatic carbocycles. The second kappa shape index (κ2) is 10.6. The van der Waals surface area contributed by atoms with Gasteiger partial charge < -0.3 is 19.1 Å². The van der Waals surface area contributed by atoms with Gasteiger partial charge in [0.05, 0.1) is 16.8 Å². The van der Waals surface area contributed by atoms with Crippen LogP contribution in [-0.2, 0) is 42.7 Å². The summed E-state index contributed by atoms with van der Waals surface area (Å²) in [6.45, 7) is 17.7. The number of fused-ring (bicyclic) bond motifs is 8. The van der Waals surface area contributed by atoms with Gasteiger partial charge >= 0.3 is 21.1 Å². The van der Waals surface area contributed by atoms with E-state index in [1.54, 1.807) is 0 Å². The fourth-order valence-electron chi connectivity index (χ4n) is 6.42. The molecule has 1 aliphatic rings. The molecule has 8 bridgehead atoms. The van der Waals surface area contributed by atoms with E-state index < -0.39 is 16.2 Å². The van der Waals surface area contributed by atoms with Crippen LogP contribution in [0.25, 0.3) is 11.4 Å². The summed E-state index contributed by atoms with van der Waals surface area (Å²) in [6.07, 6.45) is 4.38. The van der Waals surface area contributed by atoms with E-state index in [1.807, 2.05) is 12.1 Å². The minimum atomic E-state index is -0.496. The van der Waals surface area contributed by atoms with Gasteiger partial charge in [0, 0.05) is 34.6 Å². The predicted molar refractivity (Wildman–Crippen MR) is 175 cm³/mol. The Morgan fingerprint density at radius 1 is 0.444 bits per heavy atom. The van der Waals surface area contributed by atoms with Crippen LogP contribution in [0.5, 0.6) is 0 Å². The van der Waals surface area contributed by atoms with Crippen molar-refractivity contribution in [3.05, 3.63) is 143 Å². The number of nitrogens with zero attached hydrogens (tertiary/aromatic N) is 6. The van der Waals surface area contributed by atoms with Gasteiger partial charge in [-0.2, -0.15) is 11.4 Å². The molecule has 232 valence electrons. The van der Waals surface area contributed by atoms with Gasteiger partial charge in [-0.15, -0.1) is 11.4 Å². The Hall–Kier alpha value is -3.89. The Kier molecular flexibility index (Phi) is 7.32. The van der Waals surface area contributed by atoms with Crippen LogP contribution in [0, 0.1) is 0 Å². The molecule has 0 fully saturated rings. The topological polar surface area (TPSA) is 63.8 Å². The van der Waals surface area contributed by atoms with Gasteiger partial charge in [0.1, 0.15) is 11.6 Å². The molecule has 6 aromatic rings. The van der Waals surface area contributed by atoms with Gasteiger partial charge in [-0.1, -0.05) is 102 Å². The molecule has 1 aliphatic heterocycles. The summed E-state index contributed by atoms with van der Waals surface area (Å²) in [5, 5.41) is 0. The van der Waals surface area contributed by atoms with Crippen LogP contribution in [0.15, 0.2) is 97.3 Å². The standard InChI is InChI=1S/C38H40N6.Pt/c1-35(2)27-19-21-29(39-27)37(5,6)33-41-31(23-43(33)25-15-11-9-12-16-25)36(3,4)32-24-44(26-17-13-10-14-18-26)34(42-32)38(7,8)30-22-20-28(35)40-30;/h9-24H,1-8H3;/q-2;+2. The maximum atomic E-state index is 5.44. The van der Waals surface area contributed by atoms with E-state index in [4.69, 9.17) is 19.9 Å². The molecule has 45 heavy (non-hydrogen) atoms. The van der Waals surface area contributed by atoms with Crippen molar-refractivity contribution in [2.75, 3.05) is 0 Å². The summed E-state index contributed by atoms with van der Waals surface area (Å²) in [6, 6.07) is 29.6. The van der Waals surface area contributed by atoms with Crippen LogP contribution in [0.1, 0.15) is 101 Å². The van der Waals surface area contributed by atoms with Gasteiger partial charge in [-0.05, 0) is 43.5 Å². The van der Waals surface area contributed by atoms with Gasteiger partial charge in [0.2, 0.25) is 0 Å². The molecule has 0 atom stereocenters. The van der Waals surface area contributed by atoms with Crippen molar-refractivity contribution in [3.63, 3.8) is 0 Å². The maximum absolute atomic E-state index is 5.44. The molecule has 0 N–H and O–H groups in total. The van der Waals surface area contributed by atoms with E-state index in [-0.39, 0.29) is 26.5 Å². The summed E-state index contributed by atoms with van der Waals surface area (Å²) >= 11 is 0. The Morgan fingerprint density at radius 2 is 0.778 bits per heavy atom. The molecule has 0 saturated carbocycles. The first-order valence-electron chi connectivity index (χ1n) is 15.4. The monoisotopic (exact) mass is 775 g/mol. The minimum Gasteiger partial charge on any atom is -0.663 e. The molecule has 0 saturated heterocycles. The van der Waals surface area contributed by atoms with E-state index in [0.717, 1.165) is 57.2 Å². The number of rotatable bonds is 2. The molecule has 4 aromatic heterocycles. The fraction of sp³-hybridized carbons (Fsp3) is 0.316. The van der Waals surface area contributed by atoms with Crippen LogP contribution in [0.4, 0.5) is 0 Å². The van der Waals surface area contributed by atoms with Gasteiger partial charge in [0.25, 0.3) is 0 Å². The predicted octanol–water partition coefficient (Wildman–Crippen LogP) is 7.59. The molecule has 6 nitrogen and oxygen atoms in total. The van der Waals surface area contributed by atoms with E-state index in [1.165, 1.54) is 0 Å². The zero-order valence-corrected chi connectivity index (χ0v) is 29.5. The number of hydrogen-bond acceptors (Lipinski definition) is 2. The van der Waals surface area contributed by atoms with Crippen LogP contribution in [0.2, 0.25) is 0 Å². The summed E-state index contributed by atoms with van der Waals surface area (Å²) in [7, 11) is 0. The second-order valence-electron chi connectivity index (χ2n) is 14.2. The third kappa shape index (κ3) is 4.80. The van der Waals surface area contributed by atoms with Crippen LogP contribution >= 0.6 is 0 Å². The zero-order chi connectivity index (χ0) is 31.1. The molecular formula is C38H40N6Pt. The third-order valence-electron chi connectivity index (χ3n) is 9.72. The average molecular weight is 776 g/mol. The average Bonchev–Trinajstić information content (AvgIpc) is 3.82. The first kappa shape index (κ1) is 31.1. The molecule has 5 heterocycles. The first-order chi connectivity index (χ1) is 20.8. The molecule has 0 amide bonds. The molecule has 7 rings (SSSR count). The van der Waals surface area contributed by atoms with Gasteiger partial charge in [-0.25, -0.2) is 9.97 Å². The summed E-state index contributed by atoms with van der Waals surface area (Å²) in [5.41, 5.74) is 6.20. The largest absolute Gasteiger partial charge is 2.00 e. The summed E-state index contributed by atoms with van der Waals surface area (Å²) < 4.78 is 4.47. The minimum absolute atomic E-state index is 0. The van der Waals surface area contributed by atoms with Crippen molar-refractivity contribution in [2.24, 2.45) is 0 Å². The first-order valence-corrected chi connectivity index (χ1v) is 15.4. The van der Waals surface area contributed by atoms with E-state index in [2.05, 4.69) is 150 Å². The third-order valence-corrected chi connectivity index (χ3v) is 9.72.